The van der Waals surface area contributed by atoms with Crippen molar-refractivity contribution in [3.63, 3.8) is 0 Å². The van der Waals surface area contributed by atoms with E-state index in [4.69, 9.17) is 0 Å². The summed E-state index contributed by atoms with van der Waals surface area (Å²) in [4.78, 5) is 0. The molecule has 0 amide bonds. The Morgan fingerprint density at radius 2 is 2.19 bits per heavy atom. The summed E-state index contributed by atoms with van der Waals surface area (Å²) in [6.07, 6.45) is 6.62. The molecule has 2 bridgehead atoms. The summed E-state index contributed by atoms with van der Waals surface area (Å²) >= 11 is 0. The second-order valence-corrected chi connectivity index (χ2v) is 5.33. The van der Waals surface area contributed by atoms with Gasteiger partial charge in [-0.25, -0.2) is 0 Å². The van der Waals surface area contributed by atoms with Gasteiger partial charge >= 0.3 is 0 Å². The third-order valence-electron chi connectivity index (χ3n) is 3.75. The first-order valence-corrected chi connectivity index (χ1v) is 5.97. The molecule has 5 nitrogen and oxygen atoms in total. The molecule has 3 rings (SSSR count). The number of aryl methyl sites for hydroxylation is 1. The number of rotatable bonds is 2. The van der Waals surface area contributed by atoms with Gasteiger partial charge in [0, 0.05) is 31.7 Å². The number of hydrogen-bond acceptors (Lipinski definition) is 4. The fourth-order valence-electron chi connectivity index (χ4n) is 3.18. The fraction of sp³-hybridized carbons (Fsp3) is 0.818. The predicted octanol–water partition coefficient (Wildman–Crippen LogP) is 0.00310. The van der Waals surface area contributed by atoms with Gasteiger partial charge < -0.3 is 10.4 Å². The molecule has 16 heavy (non-hydrogen) atoms. The van der Waals surface area contributed by atoms with Gasteiger partial charge in [0.05, 0.1) is 11.3 Å². The topological polar surface area (TPSA) is 63.0 Å². The summed E-state index contributed by atoms with van der Waals surface area (Å²) < 4.78 is 1.69. The second kappa shape index (κ2) is 3.53. The second-order valence-electron chi connectivity index (χ2n) is 5.33. The van der Waals surface area contributed by atoms with E-state index in [-0.39, 0.29) is 0 Å². The molecular formula is C11H18N4O. The number of hydrogen-bond donors (Lipinski definition) is 2. The Balaban J connectivity index is 1.74. The van der Waals surface area contributed by atoms with Crippen LogP contribution < -0.4 is 5.32 Å². The Kier molecular flexibility index (Phi) is 2.26. The van der Waals surface area contributed by atoms with Crippen LogP contribution in [0.3, 0.4) is 0 Å². The summed E-state index contributed by atoms with van der Waals surface area (Å²) in [5, 5.41) is 22.1. The first kappa shape index (κ1) is 10.2. The number of nitrogens with one attached hydrogen (secondary N) is 1. The minimum atomic E-state index is -0.576. The number of aromatic nitrogens is 3. The molecule has 2 aliphatic heterocycles. The standard InChI is InChI=1S/C11H18N4O/c1-15-7-10(13-14-15)6-11(16)4-8-2-3-9(5-11)12-8/h7-9,12,16H,2-6H2,1H3. The molecule has 5 heteroatoms. The van der Waals surface area contributed by atoms with Crippen LogP contribution in [0.1, 0.15) is 31.4 Å². The van der Waals surface area contributed by atoms with Crippen molar-refractivity contribution < 1.29 is 5.11 Å². The number of aliphatic hydroxyl groups is 1. The Bertz CT molecular complexity index is 377. The van der Waals surface area contributed by atoms with E-state index in [2.05, 4.69) is 15.6 Å². The average Bonchev–Trinajstić information content (AvgIpc) is 2.73. The zero-order chi connectivity index (χ0) is 11.2. The van der Waals surface area contributed by atoms with Crippen molar-refractivity contribution >= 4 is 0 Å². The quantitative estimate of drug-likeness (QED) is 0.739. The van der Waals surface area contributed by atoms with Gasteiger partial charge in [-0.1, -0.05) is 5.21 Å². The lowest BCUT2D eigenvalue weighted by molar-refractivity contribution is -0.00687. The third kappa shape index (κ3) is 1.85. The van der Waals surface area contributed by atoms with Crippen LogP contribution in [-0.2, 0) is 13.5 Å². The van der Waals surface area contributed by atoms with E-state index in [1.807, 2.05) is 13.2 Å². The predicted molar refractivity (Wildman–Crippen MR) is 58.8 cm³/mol. The number of piperidine rings is 1. The molecule has 88 valence electrons. The molecule has 2 N–H and O–H groups in total. The van der Waals surface area contributed by atoms with Gasteiger partial charge in [0.1, 0.15) is 0 Å². The van der Waals surface area contributed by atoms with Crippen LogP contribution in [0.4, 0.5) is 0 Å². The zero-order valence-corrected chi connectivity index (χ0v) is 9.56. The van der Waals surface area contributed by atoms with Crippen molar-refractivity contribution in [2.45, 2.75) is 49.8 Å². The van der Waals surface area contributed by atoms with Crippen LogP contribution in [0.15, 0.2) is 6.20 Å². The van der Waals surface area contributed by atoms with Crippen molar-refractivity contribution in [2.75, 3.05) is 0 Å². The molecule has 0 aromatic carbocycles. The summed E-state index contributed by atoms with van der Waals surface area (Å²) in [5.41, 5.74) is 0.318. The van der Waals surface area contributed by atoms with Crippen LogP contribution in [-0.4, -0.2) is 37.8 Å². The first-order valence-electron chi connectivity index (χ1n) is 5.97. The molecule has 2 unspecified atom stereocenters. The lowest BCUT2D eigenvalue weighted by Crippen LogP contribution is -2.49. The van der Waals surface area contributed by atoms with E-state index in [0.717, 1.165) is 18.5 Å². The molecule has 2 saturated heterocycles. The van der Waals surface area contributed by atoms with Gasteiger partial charge in [0.15, 0.2) is 0 Å². The smallest absolute Gasteiger partial charge is 0.0855 e. The lowest BCUT2D eigenvalue weighted by atomic mass is 9.84. The Labute approximate surface area is 94.8 Å². The van der Waals surface area contributed by atoms with Gasteiger partial charge in [-0.15, -0.1) is 5.10 Å². The van der Waals surface area contributed by atoms with Gasteiger partial charge in [0.2, 0.25) is 0 Å². The molecule has 0 radical (unpaired) electrons. The lowest BCUT2D eigenvalue weighted by Gasteiger charge is -2.36. The van der Waals surface area contributed by atoms with Crippen LogP contribution in [0, 0.1) is 0 Å². The molecule has 0 saturated carbocycles. The maximum atomic E-state index is 10.6. The highest BCUT2D eigenvalue weighted by Crippen LogP contribution is 2.35. The molecule has 3 heterocycles. The van der Waals surface area contributed by atoms with Crippen molar-refractivity contribution in [3.05, 3.63) is 11.9 Å². The SMILES string of the molecule is Cn1cc(CC2(O)CC3CCC(C2)N3)nn1. The van der Waals surface area contributed by atoms with E-state index in [9.17, 15) is 5.11 Å². The molecular weight excluding hydrogens is 204 g/mol. The normalized spacial score (nSPS) is 37.9. The van der Waals surface area contributed by atoms with E-state index < -0.39 is 5.60 Å². The largest absolute Gasteiger partial charge is 0.389 e. The average molecular weight is 222 g/mol. The third-order valence-corrected chi connectivity index (χ3v) is 3.75. The van der Waals surface area contributed by atoms with E-state index >= 15 is 0 Å². The van der Waals surface area contributed by atoms with Crippen LogP contribution >= 0.6 is 0 Å². The van der Waals surface area contributed by atoms with E-state index in [0.29, 0.717) is 18.5 Å². The van der Waals surface area contributed by atoms with Crippen LogP contribution in [0.25, 0.3) is 0 Å². The first-order chi connectivity index (χ1) is 7.63. The van der Waals surface area contributed by atoms with E-state index in [1.165, 1.54) is 12.8 Å². The summed E-state index contributed by atoms with van der Waals surface area (Å²) in [7, 11) is 1.85. The van der Waals surface area contributed by atoms with Crippen LogP contribution in [0.5, 0.6) is 0 Å². The Hall–Kier alpha value is -0.940. The highest BCUT2D eigenvalue weighted by atomic mass is 16.3. The summed E-state index contributed by atoms with van der Waals surface area (Å²) in [6, 6.07) is 1.00. The van der Waals surface area contributed by atoms with Crippen molar-refractivity contribution in [1.82, 2.24) is 20.3 Å². The maximum absolute atomic E-state index is 10.6. The molecule has 1 aromatic heterocycles. The minimum absolute atomic E-state index is 0.500. The fourth-order valence-corrected chi connectivity index (χ4v) is 3.18. The monoisotopic (exact) mass is 222 g/mol. The van der Waals surface area contributed by atoms with E-state index in [1.54, 1.807) is 4.68 Å². The molecule has 2 atom stereocenters. The summed E-state index contributed by atoms with van der Waals surface area (Å²) in [6.45, 7) is 0. The highest BCUT2D eigenvalue weighted by molar-refractivity contribution is 5.06. The molecule has 0 spiro atoms. The Morgan fingerprint density at radius 3 is 2.75 bits per heavy atom. The molecule has 0 aliphatic carbocycles. The Morgan fingerprint density at radius 1 is 1.50 bits per heavy atom. The number of fused-ring (bicyclic) bond motifs is 2. The van der Waals surface area contributed by atoms with Gasteiger partial charge in [-0.3, -0.25) is 4.68 Å². The van der Waals surface area contributed by atoms with Gasteiger partial charge in [-0.05, 0) is 25.7 Å². The molecule has 2 fully saturated rings. The van der Waals surface area contributed by atoms with Gasteiger partial charge in [-0.2, -0.15) is 0 Å². The maximum Gasteiger partial charge on any atom is 0.0855 e. The van der Waals surface area contributed by atoms with Crippen molar-refractivity contribution in [2.24, 2.45) is 7.05 Å². The number of nitrogens with zero attached hydrogens (tertiary/aromatic N) is 3. The van der Waals surface area contributed by atoms with Gasteiger partial charge in [0.25, 0.3) is 0 Å². The van der Waals surface area contributed by atoms with Crippen molar-refractivity contribution in [3.8, 4) is 0 Å². The summed E-state index contributed by atoms with van der Waals surface area (Å²) in [5.74, 6) is 0. The highest BCUT2D eigenvalue weighted by Gasteiger charge is 2.42. The zero-order valence-electron chi connectivity index (χ0n) is 9.56. The van der Waals surface area contributed by atoms with Crippen molar-refractivity contribution in [1.29, 1.82) is 0 Å². The van der Waals surface area contributed by atoms with Crippen LogP contribution in [0.2, 0.25) is 0 Å². The molecule has 1 aromatic rings. The minimum Gasteiger partial charge on any atom is -0.389 e. The molecule has 2 aliphatic rings.